The highest BCUT2D eigenvalue weighted by atomic mass is 16.6. The van der Waals surface area contributed by atoms with Crippen LogP contribution in [0.15, 0.2) is 18.2 Å². The van der Waals surface area contributed by atoms with Crippen LogP contribution < -0.4 is 16.1 Å². The zero-order valence-corrected chi connectivity index (χ0v) is 25.1. The molecule has 1 aromatic carbocycles. The van der Waals surface area contributed by atoms with Gasteiger partial charge in [0.2, 0.25) is 5.91 Å². The first-order valence-electron chi connectivity index (χ1n) is 14.9. The lowest BCUT2D eigenvalue weighted by Gasteiger charge is -2.48. The van der Waals surface area contributed by atoms with Gasteiger partial charge in [0.15, 0.2) is 0 Å². The van der Waals surface area contributed by atoms with Gasteiger partial charge in [-0.05, 0) is 70.7 Å². The molecular formula is C30H43N7O5. The second-order valence-electron chi connectivity index (χ2n) is 12.8. The van der Waals surface area contributed by atoms with Gasteiger partial charge in [-0.3, -0.25) is 9.59 Å². The summed E-state index contributed by atoms with van der Waals surface area (Å²) in [7, 11) is 0. The third kappa shape index (κ3) is 6.19. The van der Waals surface area contributed by atoms with Gasteiger partial charge in [-0.1, -0.05) is 0 Å². The molecule has 42 heavy (non-hydrogen) atoms. The Balaban J connectivity index is 1.33. The molecule has 0 saturated carbocycles. The molecule has 228 valence electrons. The maximum Gasteiger partial charge on any atom is 0.410 e. The Kier molecular flexibility index (Phi) is 8.64. The Morgan fingerprint density at radius 1 is 1.17 bits per heavy atom. The number of benzene rings is 1. The average Bonchev–Trinajstić information content (AvgIpc) is 3.33. The number of hydrazine groups is 1. The monoisotopic (exact) mass is 581 g/mol. The molecule has 1 aromatic rings. The highest BCUT2D eigenvalue weighted by Crippen LogP contribution is 2.40. The van der Waals surface area contributed by atoms with E-state index in [1.54, 1.807) is 4.90 Å². The second kappa shape index (κ2) is 12.1. The molecule has 0 aliphatic carbocycles. The summed E-state index contributed by atoms with van der Waals surface area (Å²) in [6, 6.07) is 7.93. The minimum atomic E-state index is -0.581. The van der Waals surface area contributed by atoms with Crippen molar-refractivity contribution in [2.45, 2.75) is 76.7 Å². The van der Waals surface area contributed by atoms with Gasteiger partial charge in [0.1, 0.15) is 11.8 Å². The molecule has 4 heterocycles. The number of carbonyl (C=O) groups is 3. The summed E-state index contributed by atoms with van der Waals surface area (Å²) in [4.78, 5) is 42.5. The topological polar surface area (TPSA) is 139 Å². The van der Waals surface area contributed by atoms with Crippen LogP contribution in [0.3, 0.4) is 0 Å². The van der Waals surface area contributed by atoms with Crippen molar-refractivity contribution in [3.05, 3.63) is 29.3 Å². The Morgan fingerprint density at radius 3 is 2.52 bits per heavy atom. The van der Waals surface area contributed by atoms with E-state index in [1.165, 1.54) is 0 Å². The van der Waals surface area contributed by atoms with Gasteiger partial charge >= 0.3 is 6.09 Å². The molecule has 4 saturated heterocycles. The van der Waals surface area contributed by atoms with Crippen molar-refractivity contribution >= 4 is 23.6 Å². The van der Waals surface area contributed by atoms with Crippen LogP contribution in [0, 0.1) is 24.2 Å². The average molecular weight is 582 g/mol. The molecule has 3 atom stereocenters. The van der Waals surface area contributed by atoms with Gasteiger partial charge in [0, 0.05) is 50.0 Å². The van der Waals surface area contributed by atoms with Gasteiger partial charge in [0.25, 0.3) is 5.91 Å². The van der Waals surface area contributed by atoms with Gasteiger partial charge < -0.3 is 29.9 Å². The largest absolute Gasteiger partial charge is 0.444 e. The van der Waals surface area contributed by atoms with E-state index in [9.17, 15) is 19.6 Å². The molecule has 0 radical (unpaired) electrons. The maximum atomic E-state index is 13.2. The molecule has 3 unspecified atom stereocenters. The number of fused-ring (bicyclic) bond motifs is 1. The Hall–Kier alpha value is -3.40. The highest BCUT2D eigenvalue weighted by Gasteiger charge is 2.55. The van der Waals surface area contributed by atoms with Crippen molar-refractivity contribution in [3.8, 4) is 6.07 Å². The molecule has 0 spiro atoms. The fraction of sp³-hybridized carbons (Fsp3) is 0.667. The normalized spacial score (nSPS) is 26.2. The number of morpholine rings is 1. The summed E-state index contributed by atoms with van der Waals surface area (Å²) in [6.07, 6.45) is 1.44. The van der Waals surface area contributed by atoms with E-state index >= 15 is 0 Å². The first-order chi connectivity index (χ1) is 20.0. The number of nitrogens with zero attached hydrogens (tertiary/aromatic N) is 4. The first-order valence-corrected chi connectivity index (χ1v) is 14.9. The first kappa shape index (κ1) is 30.1. The zero-order valence-electron chi connectivity index (χ0n) is 25.1. The third-order valence-corrected chi connectivity index (χ3v) is 8.77. The molecule has 4 fully saturated rings. The zero-order chi connectivity index (χ0) is 30.1. The third-order valence-electron chi connectivity index (χ3n) is 8.77. The van der Waals surface area contributed by atoms with E-state index in [1.807, 2.05) is 50.8 Å². The summed E-state index contributed by atoms with van der Waals surface area (Å²) >= 11 is 0. The molecule has 12 nitrogen and oxygen atoms in total. The molecule has 3 N–H and O–H groups in total. The Bertz CT molecular complexity index is 1230. The summed E-state index contributed by atoms with van der Waals surface area (Å²) in [5.74, 6) is -0.420. The SMILES string of the molecule is Cc1cc(NC2NN(C3(CC#N)CCN(C(=O)OC(C)(C)C)CC3)C3CCNC(=O)C23)ccc1C(=O)N1CCOCC1. The number of rotatable bonds is 5. The van der Waals surface area contributed by atoms with E-state index in [2.05, 4.69) is 27.1 Å². The van der Waals surface area contributed by atoms with Crippen molar-refractivity contribution in [2.24, 2.45) is 5.92 Å². The Morgan fingerprint density at radius 2 is 1.88 bits per heavy atom. The van der Waals surface area contributed by atoms with E-state index in [-0.39, 0.29) is 36.3 Å². The Labute approximate surface area is 247 Å². The van der Waals surface area contributed by atoms with E-state index in [4.69, 9.17) is 9.47 Å². The molecule has 3 amide bonds. The number of ether oxygens (including phenoxy) is 2. The van der Waals surface area contributed by atoms with E-state index < -0.39 is 17.3 Å². The number of anilines is 1. The van der Waals surface area contributed by atoms with E-state index in [0.29, 0.717) is 64.3 Å². The number of hydrogen-bond acceptors (Lipinski definition) is 9. The van der Waals surface area contributed by atoms with Gasteiger partial charge in [-0.15, -0.1) is 0 Å². The predicted octanol–water partition coefficient (Wildman–Crippen LogP) is 2.21. The van der Waals surface area contributed by atoms with Gasteiger partial charge in [0.05, 0.1) is 37.2 Å². The minimum Gasteiger partial charge on any atom is -0.444 e. The van der Waals surface area contributed by atoms with E-state index in [0.717, 1.165) is 17.7 Å². The summed E-state index contributed by atoms with van der Waals surface area (Å²) < 4.78 is 11.0. The summed E-state index contributed by atoms with van der Waals surface area (Å²) in [5.41, 5.74) is 4.78. The van der Waals surface area contributed by atoms with Crippen LogP contribution in [0.1, 0.15) is 62.4 Å². The van der Waals surface area contributed by atoms with Crippen LogP contribution in [-0.4, -0.2) is 102 Å². The molecule has 4 aliphatic rings. The molecule has 12 heteroatoms. The standard InChI is InChI=1S/C30H43N7O5/c1-20-19-21(5-6-22(20)27(39)35-15-17-41-18-16-35)33-25-24-23(7-12-32-26(24)38)37(34-25)30(8-11-31)9-13-36(14-10-30)28(40)42-29(2,3)4/h5-6,19,23-25,33-34H,7-10,12-18H2,1-4H3,(H,32,38). The number of aryl methyl sites for hydroxylation is 1. The fourth-order valence-electron chi connectivity index (χ4n) is 6.61. The van der Waals surface area contributed by atoms with Crippen molar-refractivity contribution in [1.82, 2.24) is 25.6 Å². The van der Waals surface area contributed by atoms with Crippen LogP contribution >= 0.6 is 0 Å². The molecule has 0 bridgehead atoms. The predicted molar refractivity (Wildman–Crippen MR) is 155 cm³/mol. The number of nitriles is 1. The lowest BCUT2D eigenvalue weighted by Crippen LogP contribution is -2.62. The van der Waals surface area contributed by atoms with Crippen LogP contribution in [-0.2, 0) is 14.3 Å². The van der Waals surface area contributed by atoms with Crippen molar-refractivity contribution in [3.63, 3.8) is 0 Å². The van der Waals surface area contributed by atoms with Gasteiger partial charge in [-0.2, -0.15) is 5.26 Å². The molecule has 5 rings (SSSR count). The lowest BCUT2D eigenvalue weighted by molar-refractivity contribution is -0.128. The summed E-state index contributed by atoms with van der Waals surface area (Å²) in [6.45, 7) is 11.2. The number of amides is 3. The highest BCUT2D eigenvalue weighted by molar-refractivity contribution is 5.96. The molecular weight excluding hydrogens is 538 g/mol. The number of hydrogen-bond donors (Lipinski definition) is 3. The van der Waals surface area contributed by atoms with Crippen molar-refractivity contribution in [1.29, 1.82) is 5.26 Å². The molecule has 0 aromatic heterocycles. The lowest BCUT2D eigenvalue weighted by atomic mass is 9.81. The number of piperidine rings is 2. The maximum absolute atomic E-state index is 13.2. The smallest absolute Gasteiger partial charge is 0.410 e. The number of likely N-dealkylation sites (tertiary alicyclic amines) is 1. The second-order valence-corrected chi connectivity index (χ2v) is 12.8. The van der Waals surface area contributed by atoms with Crippen LogP contribution in [0.5, 0.6) is 0 Å². The minimum absolute atomic E-state index is 0.00425. The van der Waals surface area contributed by atoms with Crippen molar-refractivity contribution < 1.29 is 23.9 Å². The molecule has 4 aliphatic heterocycles. The number of carbonyl (C=O) groups excluding carboxylic acids is 3. The van der Waals surface area contributed by atoms with Crippen LogP contribution in [0.25, 0.3) is 0 Å². The number of nitrogens with one attached hydrogen (secondary N) is 3. The quantitative estimate of drug-likeness (QED) is 0.478. The van der Waals surface area contributed by atoms with Crippen LogP contribution in [0.2, 0.25) is 0 Å². The fourth-order valence-corrected chi connectivity index (χ4v) is 6.61. The van der Waals surface area contributed by atoms with Crippen molar-refractivity contribution in [2.75, 3.05) is 51.3 Å². The van der Waals surface area contributed by atoms with Gasteiger partial charge in [-0.25, -0.2) is 15.2 Å². The van der Waals surface area contributed by atoms with Crippen LogP contribution in [0.4, 0.5) is 10.5 Å². The summed E-state index contributed by atoms with van der Waals surface area (Å²) in [5, 5.41) is 18.5.